The highest BCUT2D eigenvalue weighted by atomic mass is 14.8. The van der Waals surface area contributed by atoms with Crippen molar-refractivity contribution in [3.05, 3.63) is 35.4 Å². The molecule has 0 aliphatic rings. The van der Waals surface area contributed by atoms with Crippen LogP contribution in [0.4, 0.5) is 0 Å². The third kappa shape index (κ3) is 2.38. The number of nitrogens with two attached hydrogens (primary N) is 1. The predicted molar refractivity (Wildman–Crippen MR) is 52.4 cm³/mol. The first-order chi connectivity index (χ1) is 5.72. The number of nitrogens with zero attached hydrogens (tertiary/aromatic N) is 1. The van der Waals surface area contributed by atoms with Crippen LogP contribution in [0.2, 0.25) is 0 Å². The first kappa shape index (κ1) is 8.78. The molecule has 0 saturated carbocycles. The highest BCUT2D eigenvalue weighted by Crippen LogP contribution is 2.03. The number of amidine groups is 1. The molecule has 0 heterocycles. The fraction of sp³-hybridized carbons (Fsp3) is 0.300. The van der Waals surface area contributed by atoms with Crippen molar-refractivity contribution in [2.24, 2.45) is 10.7 Å². The lowest BCUT2D eigenvalue weighted by Crippen LogP contribution is -2.14. The van der Waals surface area contributed by atoms with Crippen molar-refractivity contribution in [3.8, 4) is 0 Å². The molecule has 0 aromatic heterocycles. The molecule has 0 aliphatic heterocycles. The number of benzene rings is 1. The lowest BCUT2D eigenvalue weighted by Gasteiger charge is -2.00. The largest absolute Gasteiger partial charge is 0.387 e. The van der Waals surface area contributed by atoms with E-state index >= 15 is 0 Å². The molecule has 64 valence electrons. The van der Waals surface area contributed by atoms with Gasteiger partial charge in [-0.1, -0.05) is 29.8 Å². The minimum Gasteiger partial charge on any atom is -0.387 e. The molecule has 2 nitrogen and oxygen atoms in total. The Bertz CT molecular complexity index is 272. The van der Waals surface area contributed by atoms with Crippen molar-refractivity contribution >= 4 is 5.84 Å². The second-order valence-corrected chi connectivity index (χ2v) is 2.88. The molecular formula is C10H14N2. The van der Waals surface area contributed by atoms with Crippen LogP contribution in [0.25, 0.3) is 0 Å². The topological polar surface area (TPSA) is 38.4 Å². The first-order valence-corrected chi connectivity index (χ1v) is 3.99. The Kier molecular flexibility index (Phi) is 2.86. The average molecular weight is 162 g/mol. The van der Waals surface area contributed by atoms with Crippen LogP contribution in [0.5, 0.6) is 0 Å². The smallest absolute Gasteiger partial charge is 0.0977 e. The van der Waals surface area contributed by atoms with E-state index < -0.39 is 0 Å². The summed E-state index contributed by atoms with van der Waals surface area (Å²) in [5.74, 6) is 0.679. The second kappa shape index (κ2) is 3.90. The first-order valence-electron chi connectivity index (χ1n) is 3.99. The van der Waals surface area contributed by atoms with E-state index in [1.54, 1.807) is 7.05 Å². The number of rotatable bonds is 2. The van der Waals surface area contributed by atoms with Crippen molar-refractivity contribution in [1.29, 1.82) is 0 Å². The molecule has 1 rings (SSSR count). The summed E-state index contributed by atoms with van der Waals surface area (Å²) >= 11 is 0. The summed E-state index contributed by atoms with van der Waals surface area (Å²) in [7, 11) is 1.71. The van der Waals surface area contributed by atoms with Crippen LogP contribution in [0, 0.1) is 6.92 Å². The molecule has 0 aliphatic carbocycles. The monoisotopic (exact) mass is 162 g/mol. The molecule has 0 fully saturated rings. The predicted octanol–water partition coefficient (Wildman–Crippen LogP) is 1.52. The van der Waals surface area contributed by atoms with Gasteiger partial charge in [0, 0.05) is 13.5 Å². The third-order valence-electron chi connectivity index (χ3n) is 1.79. The Labute approximate surface area is 73.1 Å². The van der Waals surface area contributed by atoms with E-state index in [1.165, 1.54) is 11.1 Å². The Morgan fingerprint density at radius 2 is 1.92 bits per heavy atom. The second-order valence-electron chi connectivity index (χ2n) is 2.88. The molecule has 12 heavy (non-hydrogen) atoms. The van der Waals surface area contributed by atoms with E-state index in [9.17, 15) is 0 Å². The van der Waals surface area contributed by atoms with E-state index in [0.29, 0.717) is 5.84 Å². The van der Waals surface area contributed by atoms with Gasteiger partial charge in [-0.25, -0.2) is 0 Å². The SMILES string of the molecule is CN=C(N)Cc1ccc(C)cc1. The molecule has 1 aromatic carbocycles. The van der Waals surface area contributed by atoms with Gasteiger partial charge in [0.15, 0.2) is 0 Å². The highest BCUT2D eigenvalue weighted by molar-refractivity contribution is 5.82. The molecule has 0 unspecified atom stereocenters. The Hall–Kier alpha value is -1.31. The van der Waals surface area contributed by atoms with Crippen molar-refractivity contribution in [1.82, 2.24) is 0 Å². The summed E-state index contributed by atoms with van der Waals surface area (Å²) in [6.07, 6.45) is 0.747. The van der Waals surface area contributed by atoms with Gasteiger partial charge in [-0.2, -0.15) is 0 Å². The number of hydrogen-bond acceptors (Lipinski definition) is 1. The van der Waals surface area contributed by atoms with Gasteiger partial charge in [-0.05, 0) is 12.5 Å². The molecule has 0 spiro atoms. The van der Waals surface area contributed by atoms with Gasteiger partial charge in [0.1, 0.15) is 0 Å². The maximum absolute atomic E-state index is 5.59. The lowest BCUT2D eigenvalue weighted by molar-refractivity contribution is 1.24. The van der Waals surface area contributed by atoms with Crippen LogP contribution >= 0.6 is 0 Å². The molecule has 0 amide bonds. The molecule has 2 N–H and O–H groups in total. The summed E-state index contributed by atoms with van der Waals surface area (Å²) in [6, 6.07) is 8.32. The molecule has 0 bridgehead atoms. The summed E-state index contributed by atoms with van der Waals surface area (Å²) in [4.78, 5) is 3.90. The van der Waals surface area contributed by atoms with Crippen molar-refractivity contribution in [3.63, 3.8) is 0 Å². The Balaban J connectivity index is 2.71. The third-order valence-corrected chi connectivity index (χ3v) is 1.79. The maximum atomic E-state index is 5.59. The molecule has 0 atom stereocenters. The maximum Gasteiger partial charge on any atom is 0.0977 e. The van der Waals surface area contributed by atoms with Gasteiger partial charge in [-0.15, -0.1) is 0 Å². The van der Waals surface area contributed by atoms with Crippen LogP contribution in [0.15, 0.2) is 29.3 Å². The van der Waals surface area contributed by atoms with Crippen LogP contribution in [0.3, 0.4) is 0 Å². The molecule has 1 aromatic rings. The van der Waals surface area contributed by atoms with E-state index in [2.05, 4.69) is 36.2 Å². The Morgan fingerprint density at radius 3 is 2.42 bits per heavy atom. The van der Waals surface area contributed by atoms with E-state index in [0.717, 1.165) is 6.42 Å². The standard InChI is InChI=1S/C10H14N2/c1-8-3-5-9(6-4-8)7-10(11)12-2/h3-6H,7H2,1-2H3,(H2,11,12). The van der Waals surface area contributed by atoms with Crippen LogP contribution < -0.4 is 5.73 Å². The van der Waals surface area contributed by atoms with Crippen molar-refractivity contribution in [2.75, 3.05) is 7.05 Å². The molecule has 0 saturated heterocycles. The fourth-order valence-electron chi connectivity index (χ4n) is 0.994. The summed E-state index contributed by atoms with van der Waals surface area (Å²) in [5.41, 5.74) is 8.07. The molecule has 0 radical (unpaired) electrons. The van der Waals surface area contributed by atoms with Gasteiger partial charge in [0.25, 0.3) is 0 Å². The number of aliphatic imine (C=N–C) groups is 1. The van der Waals surface area contributed by atoms with Gasteiger partial charge in [-0.3, -0.25) is 4.99 Å². The minimum absolute atomic E-state index is 0.679. The average Bonchev–Trinajstić information content (AvgIpc) is 2.09. The number of hydrogen-bond donors (Lipinski definition) is 1. The summed E-state index contributed by atoms with van der Waals surface area (Å²) in [6.45, 7) is 2.07. The van der Waals surface area contributed by atoms with Crippen LogP contribution in [-0.2, 0) is 6.42 Å². The van der Waals surface area contributed by atoms with Crippen molar-refractivity contribution in [2.45, 2.75) is 13.3 Å². The van der Waals surface area contributed by atoms with Crippen molar-refractivity contribution < 1.29 is 0 Å². The van der Waals surface area contributed by atoms with Crippen LogP contribution in [-0.4, -0.2) is 12.9 Å². The highest BCUT2D eigenvalue weighted by Gasteiger charge is 1.94. The van der Waals surface area contributed by atoms with E-state index in [-0.39, 0.29) is 0 Å². The van der Waals surface area contributed by atoms with Gasteiger partial charge in [0.2, 0.25) is 0 Å². The normalized spacial score (nSPS) is 11.7. The van der Waals surface area contributed by atoms with Crippen LogP contribution in [0.1, 0.15) is 11.1 Å². The van der Waals surface area contributed by atoms with Gasteiger partial charge < -0.3 is 5.73 Å². The molecule has 2 heteroatoms. The summed E-state index contributed by atoms with van der Waals surface area (Å²) in [5, 5.41) is 0. The quantitative estimate of drug-likeness (QED) is 0.519. The zero-order chi connectivity index (χ0) is 8.97. The van der Waals surface area contributed by atoms with E-state index in [4.69, 9.17) is 5.73 Å². The zero-order valence-corrected chi connectivity index (χ0v) is 7.54. The fourth-order valence-corrected chi connectivity index (χ4v) is 0.994. The number of aryl methyl sites for hydroxylation is 1. The van der Waals surface area contributed by atoms with E-state index in [1.807, 2.05) is 0 Å². The summed E-state index contributed by atoms with van der Waals surface area (Å²) < 4.78 is 0. The Morgan fingerprint density at radius 1 is 1.33 bits per heavy atom. The minimum atomic E-state index is 0.679. The molecular weight excluding hydrogens is 148 g/mol. The lowest BCUT2D eigenvalue weighted by atomic mass is 10.1. The van der Waals surface area contributed by atoms with Gasteiger partial charge >= 0.3 is 0 Å². The zero-order valence-electron chi connectivity index (χ0n) is 7.54. The van der Waals surface area contributed by atoms with Gasteiger partial charge in [0.05, 0.1) is 5.84 Å².